The minimum absolute atomic E-state index is 0.481. The van der Waals surface area contributed by atoms with Crippen LogP contribution in [0.3, 0.4) is 0 Å². The van der Waals surface area contributed by atoms with E-state index in [9.17, 15) is 4.21 Å². The Morgan fingerprint density at radius 2 is 1.67 bits per heavy atom. The number of thioether (sulfide) groups is 1. The normalized spacial score (nSPS) is 54.8. The van der Waals surface area contributed by atoms with Gasteiger partial charge in [-0.1, -0.05) is 0 Å². The first kappa shape index (κ1) is 12.3. The topological polar surface area (TPSA) is 17.1 Å². The predicted molar refractivity (Wildman–Crippen MR) is 79.1 cm³/mol. The summed E-state index contributed by atoms with van der Waals surface area (Å²) in [6.07, 6.45) is 11.5. The molecule has 0 amide bonds. The highest BCUT2D eigenvalue weighted by molar-refractivity contribution is 8.11. The lowest BCUT2D eigenvalue weighted by atomic mass is 9.49. The van der Waals surface area contributed by atoms with Crippen LogP contribution in [0.1, 0.15) is 51.4 Å². The highest BCUT2D eigenvalue weighted by atomic mass is 32.2. The molecule has 0 aromatic carbocycles. The molecule has 18 heavy (non-hydrogen) atoms. The van der Waals surface area contributed by atoms with Gasteiger partial charge in [-0.05, 0) is 80.3 Å². The van der Waals surface area contributed by atoms with Crippen LogP contribution in [-0.4, -0.2) is 20.3 Å². The molecule has 1 nitrogen and oxygen atoms in total. The first-order valence-corrected chi connectivity index (χ1v) is 10.1. The molecule has 3 heteroatoms. The molecule has 5 rings (SSSR count). The quantitative estimate of drug-likeness (QED) is 0.767. The van der Waals surface area contributed by atoms with Crippen molar-refractivity contribution in [1.29, 1.82) is 0 Å². The molecular weight excluding hydrogens is 260 g/mol. The van der Waals surface area contributed by atoms with Crippen molar-refractivity contribution in [2.45, 2.75) is 55.9 Å². The van der Waals surface area contributed by atoms with Crippen LogP contribution in [0.2, 0.25) is 0 Å². The maximum atomic E-state index is 12.2. The molecule has 0 N–H and O–H groups in total. The number of hydrogen-bond acceptors (Lipinski definition) is 2. The van der Waals surface area contributed by atoms with E-state index in [0.29, 0.717) is 10.00 Å². The molecule has 4 saturated carbocycles. The van der Waals surface area contributed by atoms with E-state index in [0.717, 1.165) is 23.5 Å². The fraction of sp³-hybridized carbons (Fsp3) is 1.00. The third kappa shape index (κ3) is 2.09. The summed E-state index contributed by atoms with van der Waals surface area (Å²) in [5.74, 6) is 5.35. The summed E-state index contributed by atoms with van der Waals surface area (Å²) in [7, 11) is -0.528. The van der Waals surface area contributed by atoms with Gasteiger partial charge in [0, 0.05) is 16.6 Å². The molecule has 4 aliphatic carbocycles. The lowest BCUT2D eigenvalue weighted by Gasteiger charge is -2.57. The molecular formula is C15H24OS2. The second-order valence-electron chi connectivity index (χ2n) is 7.36. The first-order valence-electron chi connectivity index (χ1n) is 7.71. The average molecular weight is 284 g/mol. The predicted octanol–water partition coefficient (Wildman–Crippen LogP) is 3.80. The zero-order chi connectivity index (χ0) is 12.2. The molecule has 5 fully saturated rings. The van der Waals surface area contributed by atoms with Crippen LogP contribution < -0.4 is 0 Å². The molecule has 0 radical (unpaired) electrons. The Hall–Kier alpha value is 0.500. The second-order valence-corrected chi connectivity index (χ2v) is 10.7. The number of rotatable bonds is 2. The van der Waals surface area contributed by atoms with Gasteiger partial charge in [0.1, 0.15) is 0 Å². The van der Waals surface area contributed by atoms with Crippen molar-refractivity contribution in [2.24, 2.45) is 23.2 Å². The van der Waals surface area contributed by atoms with E-state index in [1.54, 1.807) is 0 Å². The molecule has 1 saturated heterocycles. The summed E-state index contributed by atoms with van der Waals surface area (Å²) in [5, 5.41) is 0. The Balaban J connectivity index is 1.51. The van der Waals surface area contributed by atoms with Gasteiger partial charge in [-0.2, -0.15) is 0 Å². The zero-order valence-electron chi connectivity index (χ0n) is 11.1. The van der Waals surface area contributed by atoms with Crippen molar-refractivity contribution in [2.75, 3.05) is 11.5 Å². The lowest BCUT2D eigenvalue weighted by Crippen LogP contribution is -2.47. The summed E-state index contributed by atoms with van der Waals surface area (Å²) < 4.78 is 12.7. The van der Waals surface area contributed by atoms with E-state index in [1.807, 2.05) is 11.8 Å². The van der Waals surface area contributed by atoms with Crippen LogP contribution in [0.15, 0.2) is 0 Å². The molecule has 4 bridgehead atoms. The zero-order valence-corrected chi connectivity index (χ0v) is 12.7. The van der Waals surface area contributed by atoms with Crippen LogP contribution in [0.4, 0.5) is 0 Å². The highest BCUT2D eigenvalue weighted by Gasteiger charge is 2.51. The van der Waals surface area contributed by atoms with Gasteiger partial charge >= 0.3 is 0 Å². The SMILES string of the molecule is O=[S@]1CCCS[C@@H]1CC12CC3CC(CC(C3)C1)C2. The van der Waals surface area contributed by atoms with Crippen molar-refractivity contribution in [3.63, 3.8) is 0 Å². The molecule has 0 aromatic heterocycles. The molecule has 102 valence electrons. The maximum absolute atomic E-state index is 12.2. The fourth-order valence-electron chi connectivity index (χ4n) is 5.67. The van der Waals surface area contributed by atoms with Gasteiger partial charge in [-0.25, -0.2) is 0 Å². The van der Waals surface area contributed by atoms with Gasteiger partial charge < -0.3 is 0 Å². The summed E-state index contributed by atoms with van der Waals surface area (Å²) in [6.45, 7) is 0. The van der Waals surface area contributed by atoms with E-state index in [-0.39, 0.29) is 0 Å². The van der Waals surface area contributed by atoms with E-state index < -0.39 is 10.8 Å². The standard InChI is InChI=1S/C15H24OS2/c16-18-3-1-2-17-14(18)10-15-7-11-4-12(8-15)6-13(5-11)9-15/h11-14H,1-10H2/t11?,12?,13?,14-,15?,18-/m0/s1. The Labute approximate surface area is 117 Å². The van der Waals surface area contributed by atoms with E-state index in [4.69, 9.17) is 0 Å². The third-order valence-electron chi connectivity index (χ3n) is 5.85. The minimum Gasteiger partial charge on any atom is -0.258 e. The molecule has 2 atom stereocenters. The van der Waals surface area contributed by atoms with Crippen molar-refractivity contribution >= 4 is 22.6 Å². The highest BCUT2D eigenvalue weighted by Crippen LogP contribution is 2.62. The second kappa shape index (κ2) is 4.51. The van der Waals surface area contributed by atoms with Crippen LogP contribution in [0.25, 0.3) is 0 Å². The van der Waals surface area contributed by atoms with Crippen molar-refractivity contribution in [3.05, 3.63) is 0 Å². The van der Waals surface area contributed by atoms with Gasteiger partial charge in [-0.15, -0.1) is 11.8 Å². The largest absolute Gasteiger partial charge is 0.258 e. The van der Waals surface area contributed by atoms with Gasteiger partial charge in [-0.3, -0.25) is 4.21 Å². The Morgan fingerprint density at radius 1 is 1.06 bits per heavy atom. The molecule has 0 spiro atoms. The van der Waals surface area contributed by atoms with Crippen LogP contribution in [-0.2, 0) is 10.8 Å². The van der Waals surface area contributed by atoms with Gasteiger partial charge in [0.15, 0.2) is 0 Å². The van der Waals surface area contributed by atoms with Crippen LogP contribution in [0.5, 0.6) is 0 Å². The number of hydrogen-bond donors (Lipinski definition) is 0. The Morgan fingerprint density at radius 3 is 2.22 bits per heavy atom. The maximum Gasteiger partial charge on any atom is 0.0806 e. The summed E-state index contributed by atoms with van der Waals surface area (Å²) >= 11 is 2.02. The lowest BCUT2D eigenvalue weighted by molar-refractivity contribution is -0.0549. The van der Waals surface area contributed by atoms with Crippen LogP contribution in [0, 0.1) is 23.2 Å². The van der Waals surface area contributed by atoms with Crippen molar-refractivity contribution < 1.29 is 4.21 Å². The molecule has 1 aliphatic heterocycles. The summed E-state index contributed by atoms with van der Waals surface area (Å²) in [6, 6.07) is 0. The van der Waals surface area contributed by atoms with Crippen molar-refractivity contribution in [3.8, 4) is 0 Å². The molecule has 1 heterocycles. The van der Waals surface area contributed by atoms with Gasteiger partial charge in [0.2, 0.25) is 0 Å². The minimum atomic E-state index is -0.528. The molecule has 5 aliphatic rings. The summed E-state index contributed by atoms with van der Waals surface area (Å²) in [5.41, 5.74) is 0.624. The fourth-order valence-corrected chi connectivity index (χ4v) is 9.31. The molecule has 0 aromatic rings. The first-order chi connectivity index (χ1) is 8.72. The molecule has 0 unspecified atom stereocenters. The average Bonchev–Trinajstić information content (AvgIpc) is 2.30. The summed E-state index contributed by atoms with van der Waals surface area (Å²) in [4.78, 5) is 0. The third-order valence-corrected chi connectivity index (χ3v) is 9.41. The van der Waals surface area contributed by atoms with Gasteiger partial charge in [0.05, 0.1) is 4.58 Å². The smallest absolute Gasteiger partial charge is 0.0806 e. The Kier molecular flexibility index (Phi) is 3.07. The Bertz CT molecular complexity index is 330. The van der Waals surface area contributed by atoms with E-state index in [2.05, 4.69) is 0 Å². The van der Waals surface area contributed by atoms with E-state index >= 15 is 0 Å². The van der Waals surface area contributed by atoms with Crippen LogP contribution >= 0.6 is 11.8 Å². The monoisotopic (exact) mass is 284 g/mol. The van der Waals surface area contributed by atoms with E-state index in [1.165, 1.54) is 57.1 Å². The van der Waals surface area contributed by atoms with Gasteiger partial charge in [0.25, 0.3) is 0 Å². The van der Waals surface area contributed by atoms with Crippen molar-refractivity contribution in [1.82, 2.24) is 0 Å².